The van der Waals surface area contributed by atoms with E-state index in [1.54, 1.807) is 55.6 Å². The number of terminal acetylenes is 3. The van der Waals surface area contributed by atoms with Crippen LogP contribution >= 0.6 is 106 Å². The third kappa shape index (κ3) is 88.2. The van der Waals surface area contributed by atoms with E-state index in [1.165, 1.54) is 0 Å². The van der Waals surface area contributed by atoms with E-state index in [9.17, 15) is 19.2 Å². The Kier molecular flexibility index (Phi) is 93.6. The van der Waals surface area contributed by atoms with Crippen LogP contribution in [0.1, 0.15) is 24.2 Å². The van der Waals surface area contributed by atoms with Crippen molar-refractivity contribution in [3.8, 4) is 37.0 Å². The fourth-order valence-electron chi connectivity index (χ4n) is 2.99. The predicted octanol–water partition coefficient (Wildman–Crippen LogP) is -1.12. The van der Waals surface area contributed by atoms with Crippen LogP contribution in [0.2, 0.25) is 0 Å². The molecular weight excluding hydrogens is 1150 g/mol. The second-order valence-corrected chi connectivity index (χ2v) is 19.9. The van der Waals surface area contributed by atoms with Crippen LogP contribution in [-0.4, -0.2) is 175 Å². The van der Waals surface area contributed by atoms with Crippen LogP contribution in [-0.2, 0) is 40.4 Å². The van der Waals surface area contributed by atoms with Crippen molar-refractivity contribution >= 4 is 130 Å². The van der Waals surface area contributed by atoms with Gasteiger partial charge in [0.25, 0.3) is 0 Å². The van der Waals surface area contributed by atoms with Crippen molar-refractivity contribution in [2.24, 2.45) is 46.2 Å². The Balaban J connectivity index is -0.000000150. The van der Waals surface area contributed by atoms with E-state index < -0.39 is 12.2 Å². The van der Waals surface area contributed by atoms with Gasteiger partial charge in [0, 0.05) is 111 Å². The third-order valence-electron chi connectivity index (χ3n) is 6.33. The number of aliphatic hydroxyl groups excluding tert-OH is 2. The van der Waals surface area contributed by atoms with Crippen molar-refractivity contribution in [3.63, 3.8) is 0 Å². The minimum absolute atomic E-state index is 0.0304. The number of nitrogens with one attached hydrogen (secondary N) is 4. The minimum Gasteiger partial charge on any atom is -0.390 e. The van der Waals surface area contributed by atoms with Crippen molar-refractivity contribution in [1.29, 1.82) is 0 Å². The molecule has 2 rings (SSSR count). The van der Waals surface area contributed by atoms with Crippen LogP contribution in [0.25, 0.3) is 0 Å². The highest BCUT2D eigenvalue weighted by Crippen LogP contribution is 2.25. The first-order valence-corrected chi connectivity index (χ1v) is 30.7. The molecule has 0 saturated carbocycles. The molecule has 438 valence electrons. The molecule has 2 atom stereocenters. The molecule has 0 unspecified atom stereocenters. The van der Waals surface area contributed by atoms with Crippen LogP contribution in [0.4, 0.5) is 0 Å². The van der Waals surface area contributed by atoms with Crippen LogP contribution in [0.15, 0.2) is 48.8 Å². The summed E-state index contributed by atoms with van der Waals surface area (Å²) in [5, 5.41) is 27.8. The number of carbonyl (C=O) groups is 4. The lowest BCUT2D eigenvalue weighted by atomic mass is 10.3. The number of thiol groups is 5. The van der Waals surface area contributed by atoms with Gasteiger partial charge < -0.3 is 65.9 Å². The molecule has 22 N–H and O–H groups in total. The summed E-state index contributed by atoms with van der Waals surface area (Å²) in [5.41, 5.74) is 32.0. The van der Waals surface area contributed by atoms with E-state index in [0.717, 1.165) is 51.7 Å². The fourth-order valence-corrected chi connectivity index (χ4v) is 7.26. The first-order valence-electron chi connectivity index (χ1n) is 22.6. The quantitative estimate of drug-likeness (QED) is 0.0158. The van der Waals surface area contributed by atoms with Crippen LogP contribution < -0.4 is 67.5 Å². The van der Waals surface area contributed by atoms with Crippen molar-refractivity contribution in [3.05, 3.63) is 60.2 Å². The number of aliphatic hydroxyl groups is 2. The summed E-state index contributed by atoms with van der Waals surface area (Å²) >= 11 is 19.0. The number of pyridine rings is 2. The molecule has 0 bridgehead atoms. The first-order chi connectivity index (χ1) is 36.6. The molecule has 0 radical (unpaired) electrons. The van der Waals surface area contributed by atoms with Gasteiger partial charge in [0.05, 0.1) is 43.2 Å². The van der Waals surface area contributed by atoms with Gasteiger partial charge in [-0.05, 0) is 35.8 Å². The number of amides is 4. The molecule has 0 aliphatic heterocycles. The van der Waals surface area contributed by atoms with Gasteiger partial charge in [0.1, 0.15) is 13.2 Å². The Morgan fingerprint density at radius 1 is 0.553 bits per heavy atom. The monoisotopic (exact) mass is 1240 g/mol. The molecule has 22 nitrogen and oxygen atoms in total. The van der Waals surface area contributed by atoms with Gasteiger partial charge in [-0.2, -0.15) is 63.1 Å². The maximum atomic E-state index is 11.1. The van der Waals surface area contributed by atoms with Gasteiger partial charge in [-0.15, -0.1) is 19.3 Å². The lowest BCUT2D eigenvalue weighted by molar-refractivity contribution is -0.126. The highest BCUT2D eigenvalue weighted by atomic mass is 33.1. The van der Waals surface area contributed by atoms with E-state index in [1.807, 2.05) is 36.4 Å². The first kappa shape index (κ1) is 87.4. The Labute approximate surface area is 495 Å². The lowest BCUT2D eigenvalue weighted by Gasteiger charge is -2.11. The molecule has 31 heteroatoms. The van der Waals surface area contributed by atoms with E-state index in [0.29, 0.717) is 71.7 Å². The van der Waals surface area contributed by atoms with Gasteiger partial charge in [-0.1, -0.05) is 73.1 Å². The molecule has 0 aliphatic carbocycles. The smallest absolute Gasteiger partial charge is 0.248 e. The number of aromatic nitrogens is 2. The van der Waals surface area contributed by atoms with Gasteiger partial charge in [0.15, 0.2) is 0 Å². The highest BCUT2D eigenvalue weighted by Gasteiger charge is 2.11. The number of carbonyl (C=O) groups excluding carboxylic acids is 4. The molecule has 76 heavy (non-hydrogen) atoms. The molecule has 0 aliphatic rings. The topological polar surface area (TPSA) is 409 Å². The lowest BCUT2D eigenvalue weighted by Crippen LogP contribution is -2.30. The predicted molar refractivity (Wildman–Crippen MR) is 340 cm³/mol. The summed E-state index contributed by atoms with van der Waals surface area (Å²) < 4.78 is 0. The van der Waals surface area contributed by atoms with E-state index in [-0.39, 0.29) is 54.9 Å². The normalized spacial score (nSPS) is 9.79. The summed E-state index contributed by atoms with van der Waals surface area (Å²) in [6.45, 7) is 4.57. The van der Waals surface area contributed by atoms with Crippen molar-refractivity contribution in [2.75, 3.05) is 119 Å². The Bertz CT molecular complexity index is 1530. The Morgan fingerprint density at radius 2 is 0.908 bits per heavy atom. The summed E-state index contributed by atoms with van der Waals surface area (Å²) in [6, 6.07) is 11.8. The molecule has 0 aromatic carbocycles. The molecular formula is C45H86N14O8S9. The zero-order valence-electron chi connectivity index (χ0n) is 43.0. The van der Waals surface area contributed by atoms with Gasteiger partial charge in [-0.25, -0.2) is 11.8 Å². The summed E-state index contributed by atoms with van der Waals surface area (Å²) in [7, 11) is 6.90. The van der Waals surface area contributed by atoms with Crippen molar-refractivity contribution in [1.82, 2.24) is 31.2 Å². The van der Waals surface area contributed by atoms with E-state index in [2.05, 4.69) is 134 Å². The highest BCUT2D eigenvalue weighted by molar-refractivity contribution is 8.76. The largest absolute Gasteiger partial charge is 0.390 e. The average molecular weight is 1240 g/mol. The van der Waals surface area contributed by atoms with Crippen molar-refractivity contribution in [2.45, 2.75) is 36.6 Å². The minimum atomic E-state index is -0.740. The van der Waals surface area contributed by atoms with Gasteiger partial charge >= 0.3 is 0 Å². The molecule has 2 heterocycles. The summed E-state index contributed by atoms with van der Waals surface area (Å²) in [4.78, 5) is 59.6. The number of hydrogen-bond donors (Lipinski definition) is 19. The van der Waals surface area contributed by atoms with Crippen LogP contribution in [0.3, 0.4) is 0 Å². The molecule has 4 amide bonds. The number of hydrogen-bond acceptors (Lipinski definition) is 27. The van der Waals surface area contributed by atoms with Gasteiger partial charge in [0.2, 0.25) is 23.6 Å². The molecule has 0 saturated heterocycles. The SMILES string of the molecule is C#CCN.C#CCNC(=O)CCN.C#CCNC(=O)CON.NCCC(=O)NCCSSCc1ccccn1.NCCN.NCCS.NOCC(=O)NCCSSCc1ccccn1.O[C@H](CS)[C@H](O)CS.SCCS. The second kappa shape index (κ2) is 81.4. The number of rotatable bonds is 28. The zero-order chi connectivity index (χ0) is 59.1. The van der Waals surface area contributed by atoms with Gasteiger partial charge in [-0.3, -0.25) is 38.8 Å². The maximum absolute atomic E-state index is 11.1. The summed E-state index contributed by atoms with van der Waals surface area (Å²) in [5.74, 6) is 22.1. The fraction of sp³-hybridized carbons (Fsp3) is 0.556. The molecule has 0 fully saturated rings. The number of nitrogens with two attached hydrogens (primary N) is 8. The molecule has 2 aromatic heterocycles. The standard InChI is InChI=1S/C11H17N3OS2.C10H15N3O2S2.C6H10N2O.C5H8N2O2.C4H10O2S2.C3H5N.C2H8N2.C2H7NS.C2H6S2/c12-5-4-11(15)14-7-8-16-17-9-10-3-1-2-6-13-10;11-15-7-10(14)13-5-6-16-17-8-9-3-1-2-4-12-9;1-2-5-8-6(9)3-4-7;1-2-3-7-5(8)4-9-6;5-3(1-7)4(6)2-8;1-2-3-4;3*3-1-2-4/h1-3,6H,4-5,7-9,12H2,(H,14,15);1-4H,5-8,11H2,(H,13,14);1H,3-5,7H2,(H,8,9);1H,3-4,6H2,(H,7,8);3-8H,1-2H2;1H,3-4H2;1-4H2;4H,1-3H2;3-4H,1-2H2/t;;;;3-,4-;;;;/m....1..../s1. The van der Waals surface area contributed by atoms with Crippen molar-refractivity contribution < 1.29 is 39.1 Å². The Hall–Kier alpha value is -2.47. The number of nitrogens with zero attached hydrogens (tertiary/aromatic N) is 2. The average Bonchev–Trinajstić information content (AvgIpc) is 3.45. The zero-order valence-corrected chi connectivity index (χ0v) is 50.7. The summed E-state index contributed by atoms with van der Waals surface area (Å²) in [6.07, 6.45) is 17.2. The van der Waals surface area contributed by atoms with Crippen LogP contribution in [0.5, 0.6) is 0 Å². The van der Waals surface area contributed by atoms with Crippen LogP contribution in [0, 0.1) is 37.0 Å². The Morgan fingerprint density at radius 3 is 1.18 bits per heavy atom. The van der Waals surface area contributed by atoms with E-state index >= 15 is 0 Å². The second-order valence-electron chi connectivity index (χ2n) is 12.6. The molecule has 0 spiro atoms. The third-order valence-corrected chi connectivity index (χ3v) is 12.7. The van der Waals surface area contributed by atoms with E-state index in [4.69, 9.17) is 63.4 Å². The molecule has 2 aromatic rings. The maximum Gasteiger partial charge on any atom is 0.248 e.